The van der Waals surface area contributed by atoms with E-state index < -0.39 is 11.8 Å². The molecule has 3 nitrogen and oxygen atoms in total. The highest BCUT2D eigenvalue weighted by atomic mass is 19.1. The van der Waals surface area contributed by atoms with E-state index in [1.807, 2.05) is 0 Å². The van der Waals surface area contributed by atoms with Crippen molar-refractivity contribution in [1.29, 1.82) is 0 Å². The van der Waals surface area contributed by atoms with Crippen LogP contribution in [0.3, 0.4) is 0 Å². The molecule has 1 rings (SSSR count). The van der Waals surface area contributed by atoms with Gasteiger partial charge in [-0.15, -0.1) is 0 Å². The van der Waals surface area contributed by atoms with Crippen LogP contribution in [0.15, 0.2) is 18.2 Å². The number of carbonyl (C=O) groups is 2. The van der Waals surface area contributed by atoms with Gasteiger partial charge in [-0.1, -0.05) is 6.07 Å². The maximum atomic E-state index is 13.1. The van der Waals surface area contributed by atoms with Crippen molar-refractivity contribution in [2.24, 2.45) is 0 Å². The molecule has 0 spiro atoms. The summed E-state index contributed by atoms with van der Waals surface area (Å²) in [6.45, 7) is 3.28. The maximum absolute atomic E-state index is 13.1. The molecule has 0 N–H and O–H groups in total. The van der Waals surface area contributed by atoms with Gasteiger partial charge in [-0.3, -0.25) is 9.59 Å². The van der Waals surface area contributed by atoms with Gasteiger partial charge in [-0.2, -0.15) is 0 Å². The molecule has 0 aliphatic heterocycles. The van der Waals surface area contributed by atoms with E-state index in [9.17, 15) is 14.0 Å². The number of para-hydroxylation sites is 1. The van der Waals surface area contributed by atoms with Crippen molar-refractivity contribution in [2.75, 3.05) is 0 Å². The fourth-order valence-electron chi connectivity index (χ4n) is 0.891. The first-order valence-electron chi connectivity index (χ1n) is 3.92. The third-order valence-corrected chi connectivity index (χ3v) is 1.54. The van der Waals surface area contributed by atoms with Gasteiger partial charge in [0.2, 0.25) is 0 Å². The first kappa shape index (κ1) is 10.4. The highest BCUT2D eigenvalue weighted by Crippen LogP contribution is 2.21. The molecule has 1 aromatic rings. The molecule has 0 heterocycles. The summed E-state index contributed by atoms with van der Waals surface area (Å²) in [6, 6.07) is 3.83. The molecule has 14 heavy (non-hydrogen) atoms. The molecular formula is C10H8FO3. The second kappa shape index (κ2) is 4.50. The van der Waals surface area contributed by atoms with Crippen molar-refractivity contribution in [3.63, 3.8) is 0 Å². The molecule has 0 aromatic heterocycles. The van der Waals surface area contributed by atoms with Gasteiger partial charge in [-0.25, -0.2) is 4.39 Å². The molecule has 0 aliphatic rings. The predicted octanol–water partition coefficient (Wildman–Crippen LogP) is 1.77. The van der Waals surface area contributed by atoms with Crippen LogP contribution in [0.1, 0.15) is 16.8 Å². The third kappa shape index (κ3) is 2.16. The van der Waals surface area contributed by atoms with Gasteiger partial charge < -0.3 is 4.74 Å². The molecule has 0 fully saturated rings. The number of rotatable bonds is 3. The molecule has 0 saturated carbocycles. The van der Waals surface area contributed by atoms with E-state index in [-0.39, 0.29) is 17.7 Å². The third-order valence-electron chi connectivity index (χ3n) is 1.54. The number of hydrogen-bond acceptors (Lipinski definition) is 3. The van der Waals surface area contributed by atoms with Gasteiger partial charge in [0.05, 0.1) is 5.56 Å². The molecule has 1 radical (unpaired) electrons. The average Bonchev–Trinajstić information content (AvgIpc) is 2.20. The van der Waals surface area contributed by atoms with Gasteiger partial charge >= 0.3 is 5.97 Å². The summed E-state index contributed by atoms with van der Waals surface area (Å²) in [6.07, 6.45) is 0.307. The minimum atomic E-state index is -0.739. The lowest BCUT2D eigenvalue weighted by atomic mass is 10.2. The average molecular weight is 195 g/mol. The van der Waals surface area contributed by atoms with E-state index in [1.54, 1.807) is 0 Å². The summed E-state index contributed by atoms with van der Waals surface area (Å²) in [7, 11) is 0. The smallest absolute Gasteiger partial charge is 0.311 e. The van der Waals surface area contributed by atoms with Crippen LogP contribution in [0.2, 0.25) is 0 Å². The zero-order valence-electron chi connectivity index (χ0n) is 7.33. The van der Waals surface area contributed by atoms with Gasteiger partial charge in [0.25, 0.3) is 0 Å². The Morgan fingerprint density at radius 3 is 2.86 bits per heavy atom. The predicted molar refractivity (Wildman–Crippen MR) is 47.4 cm³/mol. The monoisotopic (exact) mass is 195 g/mol. The molecule has 0 amide bonds. The minimum Gasteiger partial charge on any atom is -0.423 e. The van der Waals surface area contributed by atoms with Gasteiger partial charge in [0.1, 0.15) is 0 Å². The fourth-order valence-corrected chi connectivity index (χ4v) is 0.891. The zero-order valence-corrected chi connectivity index (χ0v) is 7.33. The summed E-state index contributed by atoms with van der Waals surface area (Å²) in [5.74, 6) is -1.76. The highest BCUT2D eigenvalue weighted by Gasteiger charge is 2.12. The van der Waals surface area contributed by atoms with Crippen LogP contribution in [0, 0.1) is 12.7 Å². The quantitative estimate of drug-likeness (QED) is 0.419. The van der Waals surface area contributed by atoms with Crippen molar-refractivity contribution in [2.45, 2.75) is 6.42 Å². The maximum Gasteiger partial charge on any atom is 0.311 e. The summed E-state index contributed by atoms with van der Waals surface area (Å²) >= 11 is 0. The molecule has 0 atom stereocenters. The Morgan fingerprint density at radius 2 is 2.29 bits per heavy atom. The molecule has 0 aliphatic carbocycles. The van der Waals surface area contributed by atoms with E-state index >= 15 is 0 Å². The number of carbonyl (C=O) groups excluding carboxylic acids is 2. The van der Waals surface area contributed by atoms with Crippen LogP contribution in [-0.4, -0.2) is 12.3 Å². The Hall–Kier alpha value is -1.71. The topological polar surface area (TPSA) is 43.4 Å². The summed E-state index contributed by atoms with van der Waals surface area (Å²) in [4.78, 5) is 21.3. The van der Waals surface area contributed by atoms with Crippen LogP contribution in [0.25, 0.3) is 0 Å². The summed E-state index contributed by atoms with van der Waals surface area (Å²) in [5, 5.41) is 0. The van der Waals surface area contributed by atoms with E-state index in [1.165, 1.54) is 12.1 Å². The molecule has 1 aromatic carbocycles. The van der Waals surface area contributed by atoms with Crippen molar-refractivity contribution in [3.05, 3.63) is 36.5 Å². The minimum absolute atomic E-state index is 0.00630. The van der Waals surface area contributed by atoms with Crippen LogP contribution in [-0.2, 0) is 4.79 Å². The van der Waals surface area contributed by atoms with Crippen LogP contribution >= 0.6 is 0 Å². The van der Waals surface area contributed by atoms with E-state index in [0.29, 0.717) is 6.29 Å². The van der Waals surface area contributed by atoms with Crippen molar-refractivity contribution < 1.29 is 18.7 Å². The highest BCUT2D eigenvalue weighted by molar-refractivity contribution is 5.82. The van der Waals surface area contributed by atoms with Crippen LogP contribution in [0.5, 0.6) is 5.75 Å². The molecule has 0 unspecified atom stereocenters. The van der Waals surface area contributed by atoms with Gasteiger partial charge in [0.15, 0.2) is 17.9 Å². The largest absolute Gasteiger partial charge is 0.423 e. The van der Waals surface area contributed by atoms with Gasteiger partial charge in [-0.05, 0) is 19.1 Å². The van der Waals surface area contributed by atoms with Crippen molar-refractivity contribution in [1.82, 2.24) is 0 Å². The Balaban J connectivity index is 3.04. The Morgan fingerprint density at radius 1 is 1.57 bits per heavy atom. The fraction of sp³-hybridized carbons (Fsp3) is 0.100. The second-order valence-electron chi connectivity index (χ2n) is 2.50. The molecular weight excluding hydrogens is 187 g/mol. The molecule has 73 valence electrons. The van der Waals surface area contributed by atoms with E-state index in [0.717, 1.165) is 6.07 Å². The van der Waals surface area contributed by atoms with Crippen LogP contribution in [0.4, 0.5) is 4.39 Å². The number of ether oxygens (including phenoxy) is 1. The van der Waals surface area contributed by atoms with Crippen molar-refractivity contribution >= 4 is 12.3 Å². The molecule has 4 heteroatoms. The lowest BCUT2D eigenvalue weighted by Gasteiger charge is -2.05. The molecule has 0 saturated heterocycles. The second-order valence-corrected chi connectivity index (χ2v) is 2.50. The Bertz CT molecular complexity index is 360. The van der Waals surface area contributed by atoms with E-state index in [2.05, 4.69) is 11.7 Å². The van der Waals surface area contributed by atoms with Crippen molar-refractivity contribution in [3.8, 4) is 5.75 Å². The number of benzene rings is 1. The van der Waals surface area contributed by atoms with Gasteiger partial charge in [0, 0.05) is 6.42 Å². The summed E-state index contributed by atoms with van der Waals surface area (Å²) in [5.41, 5.74) is 0.00630. The Kier molecular flexibility index (Phi) is 3.34. The zero-order chi connectivity index (χ0) is 10.6. The summed E-state index contributed by atoms with van der Waals surface area (Å²) < 4.78 is 17.7. The van der Waals surface area contributed by atoms with Crippen LogP contribution < -0.4 is 4.74 Å². The number of hydrogen-bond donors (Lipinski definition) is 0. The Labute approximate surface area is 80.5 Å². The normalized spacial score (nSPS) is 9.57. The first-order chi connectivity index (χ1) is 6.69. The SMILES string of the molecule is [CH2]CC(=O)Oc1c(F)cccc1C=O. The standard InChI is InChI=1S/C10H8FO3/c1-2-9(13)14-10-7(6-12)4-3-5-8(10)11/h3-6H,1-2H2. The van der Waals surface area contributed by atoms with E-state index in [4.69, 9.17) is 0 Å². The lowest BCUT2D eigenvalue weighted by molar-refractivity contribution is -0.133. The number of esters is 1. The lowest BCUT2D eigenvalue weighted by Crippen LogP contribution is -2.08. The molecule has 0 bridgehead atoms. The first-order valence-corrected chi connectivity index (χ1v) is 3.92. The number of halogens is 1. The number of aldehydes is 1.